The Hall–Kier alpha value is -0.160. The summed E-state index contributed by atoms with van der Waals surface area (Å²) >= 11 is 0. The first-order valence-corrected chi connectivity index (χ1v) is 5.43. The molecule has 1 aliphatic rings. The van der Waals surface area contributed by atoms with Crippen LogP contribution in [0.4, 0.5) is 0 Å². The highest BCUT2D eigenvalue weighted by atomic mass is 16.5. The number of hydrogen-bond acceptors (Lipinski definition) is 4. The van der Waals surface area contributed by atoms with Crippen LogP contribution < -0.4 is 5.73 Å². The highest BCUT2D eigenvalue weighted by molar-refractivity contribution is 4.78. The van der Waals surface area contributed by atoms with Crippen LogP contribution in [0.1, 0.15) is 32.1 Å². The molecular weight excluding hydrogens is 180 g/mol. The lowest BCUT2D eigenvalue weighted by Crippen LogP contribution is -2.44. The number of aliphatic hydroxyl groups is 1. The van der Waals surface area contributed by atoms with Gasteiger partial charge in [0.25, 0.3) is 0 Å². The van der Waals surface area contributed by atoms with Crippen LogP contribution in [0, 0.1) is 11.8 Å². The van der Waals surface area contributed by atoms with Gasteiger partial charge in [0.2, 0.25) is 0 Å². The molecule has 0 heterocycles. The van der Waals surface area contributed by atoms with E-state index in [1.54, 1.807) is 7.05 Å². The fraction of sp³-hybridized carbons (Fsp3) is 1.00. The maximum atomic E-state index is 9.25. The largest absolute Gasteiger partial charge is 0.396 e. The van der Waals surface area contributed by atoms with E-state index in [9.17, 15) is 5.21 Å². The molecule has 0 bridgehead atoms. The molecule has 84 valence electrons. The van der Waals surface area contributed by atoms with Gasteiger partial charge in [-0.15, -0.1) is 0 Å². The van der Waals surface area contributed by atoms with Gasteiger partial charge in [-0.05, 0) is 31.1 Å². The smallest absolute Gasteiger partial charge is 0.0841 e. The quantitative estimate of drug-likeness (QED) is 0.465. The Labute approximate surface area is 85.7 Å². The van der Waals surface area contributed by atoms with E-state index in [2.05, 4.69) is 0 Å². The van der Waals surface area contributed by atoms with Gasteiger partial charge in [0.15, 0.2) is 0 Å². The Bertz CT molecular complexity index is 162. The summed E-state index contributed by atoms with van der Waals surface area (Å²) in [5, 5.41) is 19.2. The van der Waals surface area contributed by atoms with E-state index in [4.69, 9.17) is 10.8 Å². The third-order valence-corrected chi connectivity index (χ3v) is 3.28. The van der Waals surface area contributed by atoms with Crippen LogP contribution in [0.15, 0.2) is 0 Å². The van der Waals surface area contributed by atoms with E-state index in [-0.39, 0.29) is 12.8 Å². The maximum Gasteiger partial charge on any atom is 0.0841 e. The predicted octanol–water partition coefficient (Wildman–Crippen LogP) is 0.781. The maximum absolute atomic E-state index is 9.25. The molecule has 3 atom stereocenters. The van der Waals surface area contributed by atoms with Crippen molar-refractivity contribution in [1.29, 1.82) is 0 Å². The molecule has 3 unspecified atom stereocenters. The average Bonchev–Trinajstić information content (AvgIpc) is 2.17. The Morgan fingerprint density at radius 3 is 2.79 bits per heavy atom. The third-order valence-electron chi connectivity index (χ3n) is 3.28. The molecule has 4 nitrogen and oxygen atoms in total. The molecule has 0 aromatic carbocycles. The van der Waals surface area contributed by atoms with Crippen molar-refractivity contribution in [3.8, 4) is 0 Å². The summed E-state index contributed by atoms with van der Waals surface area (Å²) in [7, 11) is 1.60. The number of hydrogen-bond donors (Lipinski definition) is 3. The molecule has 0 aromatic heterocycles. The molecule has 4 N–H and O–H groups in total. The first kappa shape index (κ1) is 11.9. The average molecular weight is 202 g/mol. The van der Waals surface area contributed by atoms with Crippen molar-refractivity contribution in [3.63, 3.8) is 0 Å². The summed E-state index contributed by atoms with van der Waals surface area (Å²) in [6, 6.07) is 0. The minimum absolute atomic E-state index is 0.253. The van der Waals surface area contributed by atoms with Gasteiger partial charge in [0.1, 0.15) is 0 Å². The zero-order valence-corrected chi connectivity index (χ0v) is 8.89. The molecule has 0 saturated heterocycles. The van der Waals surface area contributed by atoms with Crippen LogP contribution in [0.3, 0.4) is 0 Å². The minimum Gasteiger partial charge on any atom is -0.396 e. The van der Waals surface area contributed by atoms with Crippen molar-refractivity contribution in [1.82, 2.24) is 5.06 Å². The fourth-order valence-electron chi connectivity index (χ4n) is 2.39. The molecule has 0 aliphatic heterocycles. The molecule has 1 saturated carbocycles. The number of rotatable bonds is 4. The lowest BCUT2D eigenvalue weighted by molar-refractivity contribution is -0.123. The summed E-state index contributed by atoms with van der Waals surface area (Å²) in [5.74, 6) is 0.958. The number of aliphatic hydroxyl groups excluding tert-OH is 1. The fourth-order valence-corrected chi connectivity index (χ4v) is 2.39. The molecule has 0 spiro atoms. The van der Waals surface area contributed by atoms with E-state index < -0.39 is 0 Å². The van der Waals surface area contributed by atoms with E-state index in [0.29, 0.717) is 11.8 Å². The zero-order valence-electron chi connectivity index (χ0n) is 8.89. The highest BCUT2D eigenvalue weighted by Crippen LogP contribution is 2.32. The van der Waals surface area contributed by atoms with Gasteiger partial charge in [-0.3, -0.25) is 0 Å². The molecule has 1 aliphatic carbocycles. The number of nitrogens with two attached hydrogens (primary N) is 1. The van der Waals surface area contributed by atoms with Crippen LogP contribution in [0.2, 0.25) is 0 Å². The van der Waals surface area contributed by atoms with Gasteiger partial charge in [-0.2, -0.15) is 5.06 Å². The molecule has 1 rings (SSSR count). The lowest BCUT2D eigenvalue weighted by atomic mass is 9.78. The van der Waals surface area contributed by atoms with Crippen molar-refractivity contribution >= 4 is 0 Å². The van der Waals surface area contributed by atoms with Crippen LogP contribution in [0.5, 0.6) is 0 Å². The Kier molecular flexibility index (Phi) is 4.81. The van der Waals surface area contributed by atoms with Crippen LogP contribution in [-0.2, 0) is 0 Å². The molecule has 0 amide bonds. The van der Waals surface area contributed by atoms with Gasteiger partial charge in [-0.1, -0.05) is 12.8 Å². The second kappa shape index (κ2) is 5.66. The first-order valence-electron chi connectivity index (χ1n) is 5.43. The lowest BCUT2D eigenvalue weighted by Gasteiger charge is -2.34. The van der Waals surface area contributed by atoms with Crippen molar-refractivity contribution in [3.05, 3.63) is 0 Å². The van der Waals surface area contributed by atoms with Crippen LogP contribution >= 0.6 is 0 Å². The van der Waals surface area contributed by atoms with Crippen molar-refractivity contribution in [2.45, 2.75) is 38.3 Å². The van der Waals surface area contributed by atoms with Gasteiger partial charge in [-0.25, -0.2) is 0 Å². The monoisotopic (exact) mass is 202 g/mol. The first-order chi connectivity index (χ1) is 6.65. The van der Waals surface area contributed by atoms with E-state index in [0.717, 1.165) is 30.7 Å². The van der Waals surface area contributed by atoms with E-state index in [1.165, 1.54) is 6.42 Å². The zero-order chi connectivity index (χ0) is 10.6. The standard InChI is InChI=1S/C10H22N2O2/c1-12(14)10(11)9-4-2-3-8(7-9)5-6-13/h8-10,13-14H,2-7,11H2,1H3. The van der Waals surface area contributed by atoms with Crippen molar-refractivity contribution in [2.75, 3.05) is 13.7 Å². The van der Waals surface area contributed by atoms with E-state index >= 15 is 0 Å². The molecule has 4 heteroatoms. The molecule has 0 radical (unpaired) electrons. The topological polar surface area (TPSA) is 69.7 Å². The SMILES string of the molecule is CN(O)C(N)C1CCCC(CCO)C1. The van der Waals surface area contributed by atoms with E-state index in [1.807, 2.05) is 0 Å². The molecular formula is C10H22N2O2. The Morgan fingerprint density at radius 2 is 2.21 bits per heavy atom. The summed E-state index contributed by atoms with van der Waals surface area (Å²) in [6.45, 7) is 0.265. The number of nitrogens with zero attached hydrogens (tertiary/aromatic N) is 1. The van der Waals surface area contributed by atoms with Crippen molar-refractivity contribution in [2.24, 2.45) is 17.6 Å². The highest BCUT2D eigenvalue weighted by Gasteiger charge is 2.27. The predicted molar refractivity (Wildman–Crippen MR) is 54.7 cm³/mol. The second-order valence-corrected chi connectivity index (χ2v) is 4.37. The second-order valence-electron chi connectivity index (χ2n) is 4.37. The summed E-state index contributed by atoms with van der Waals surface area (Å²) in [4.78, 5) is 0. The third kappa shape index (κ3) is 3.20. The normalized spacial score (nSPS) is 30.6. The summed E-state index contributed by atoms with van der Waals surface area (Å²) in [6.07, 6.45) is 5.10. The van der Waals surface area contributed by atoms with Crippen LogP contribution in [0.25, 0.3) is 0 Å². The number of hydroxylamine groups is 2. The van der Waals surface area contributed by atoms with Gasteiger partial charge < -0.3 is 16.0 Å². The van der Waals surface area contributed by atoms with Gasteiger partial charge in [0.05, 0.1) is 6.17 Å². The summed E-state index contributed by atoms with van der Waals surface area (Å²) in [5.41, 5.74) is 5.86. The Balaban J connectivity index is 2.39. The molecule has 14 heavy (non-hydrogen) atoms. The van der Waals surface area contributed by atoms with Gasteiger partial charge >= 0.3 is 0 Å². The van der Waals surface area contributed by atoms with Gasteiger partial charge in [0, 0.05) is 13.7 Å². The van der Waals surface area contributed by atoms with Crippen LogP contribution in [-0.4, -0.2) is 35.2 Å². The summed E-state index contributed by atoms with van der Waals surface area (Å²) < 4.78 is 0. The molecule has 1 fully saturated rings. The Morgan fingerprint density at radius 1 is 1.50 bits per heavy atom. The minimum atomic E-state index is -0.253. The molecule has 0 aromatic rings. The van der Waals surface area contributed by atoms with Crippen molar-refractivity contribution < 1.29 is 10.3 Å².